The van der Waals surface area contributed by atoms with E-state index in [1.54, 1.807) is 0 Å². The fourth-order valence-corrected chi connectivity index (χ4v) is 8.14. The molecule has 0 aromatic carbocycles. The van der Waals surface area contributed by atoms with E-state index in [1.807, 2.05) is 0 Å². The van der Waals surface area contributed by atoms with E-state index in [2.05, 4.69) is 135 Å². The van der Waals surface area contributed by atoms with E-state index in [-0.39, 0.29) is 44.3 Å². The predicted molar refractivity (Wildman–Crippen MR) is 231 cm³/mol. The summed E-state index contributed by atoms with van der Waals surface area (Å²) in [6, 6.07) is 0. The number of nitrogens with two attached hydrogens (primary N) is 1. The summed E-state index contributed by atoms with van der Waals surface area (Å²) in [5.41, 5.74) is 6.51. The summed E-state index contributed by atoms with van der Waals surface area (Å²) >= 11 is 0. The number of hydrogen-bond donors (Lipinski definition) is 6. The van der Waals surface area contributed by atoms with Crippen LogP contribution in [-0.4, -0.2) is 111 Å². The van der Waals surface area contributed by atoms with E-state index in [0.717, 1.165) is 71.4 Å². The second-order valence-corrected chi connectivity index (χ2v) is 21.6. The number of nitrogens with zero attached hydrogens (tertiary/aromatic N) is 2. The number of amides is 2. The molecule has 2 unspecified atom stereocenters. The molecule has 0 aromatic heterocycles. The molecule has 2 atom stereocenters. The zero-order valence-corrected chi connectivity index (χ0v) is 38.5. The summed E-state index contributed by atoms with van der Waals surface area (Å²) in [4.78, 5) is 30.9. The van der Waals surface area contributed by atoms with Crippen molar-refractivity contribution in [3.63, 3.8) is 0 Å². The average Bonchev–Trinajstić information content (AvgIpc) is 3.03. The molecule has 0 aromatic rings. The minimum absolute atomic E-state index is 0.0118. The largest absolute Gasteiger partial charge is 0.379 e. The third-order valence-corrected chi connectivity index (χ3v) is 10.7. The van der Waals surface area contributed by atoms with Crippen LogP contribution in [0.3, 0.4) is 0 Å². The highest BCUT2D eigenvalue weighted by atomic mass is 16.3. The normalized spacial score (nSPS) is 15.1. The molecule has 0 fully saturated rings. The van der Waals surface area contributed by atoms with Crippen molar-refractivity contribution in [2.24, 2.45) is 38.2 Å². The zero-order chi connectivity index (χ0) is 41.9. The first-order valence-electron chi connectivity index (χ1n) is 21.4. The van der Waals surface area contributed by atoms with Gasteiger partial charge < -0.3 is 36.6 Å². The van der Waals surface area contributed by atoms with Crippen LogP contribution in [0.5, 0.6) is 0 Å². The highest BCUT2D eigenvalue weighted by molar-refractivity contribution is 5.76. The van der Waals surface area contributed by atoms with Gasteiger partial charge in [-0.05, 0) is 64.6 Å². The molecule has 7 N–H and O–H groups in total. The van der Waals surface area contributed by atoms with E-state index in [0.29, 0.717) is 58.5 Å². The van der Waals surface area contributed by atoms with Crippen molar-refractivity contribution in [2.75, 3.05) is 78.5 Å². The number of aliphatic hydroxyl groups is 1. The fourth-order valence-electron chi connectivity index (χ4n) is 8.14. The summed E-state index contributed by atoms with van der Waals surface area (Å²) in [7, 11) is 0. The van der Waals surface area contributed by atoms with Crippen LogP contribution in [-0.2, 0) is 9.59 Å². The van der Waals surface area contributed by atoms with Crippen molar-refractivity contribution in [1.29, 1.82) is 0 Å². The van der Waals surface area contributed by atoms with Gasteiger partial charge in [0.25, 0.3) is 0 Å². The quantitative estimate of drug-likeness (QED) is 0.0355. The van der Waals surface area contributed by atoms with E-state index in [1.165, 1.54) is 0 Å². The van der Waals surface area contributed by atoms with Crippen LogP contribution in [0.25, 0.3) is 0 Å². The van der Waals surface area contributed by atoms with Crippen LogP contribution in [0.15, 0.2) is 0 Å². The van der Waals surface area contributed by atoms with Crippen molar-refractivity contribution in [3.05, 3.63) is 0 Å². The lowest BCUT2D eigenvalue weighted by molar-refractivity contribution is -0.123. The van der Waals surface area contributed by atoms with Crippen LogP contribution in [0.1, 0.15) is 155 Å². The molecule has 0 aliphatic rings. The topological polar surface area (TPSA) is 135 Å². The molecule has 0 bridgehead atoms. The number of hydrogen-bond acceptors (Lipinski definition) is 8. The number of carbonyl (C=O) groups is 2. The van der Waals surface area contributed by atoms with Crippen LogP contribution in [0.2, 0.25) is 0 Å². The Morgan fingerprint density at radius 3 is 1.57 bits per heavy atom. The molecule has 0 heterocycles. The van der Waals surface area contributed by atoms with Gasteiger partial charge in [0.2, 0.25) is 11.8 Å². The van der Waals surface area contributed by atoms with Gasteiger partial charge in [0.1, 0.15) is 6.23 Å². The predicted octanol–water partition coefficient (Wildman–Crippen LogP) is 6.62. The molecule has 0 aliphatic heterocycles. The van der Waals surface area contributed by atoms with Gasteiger partial charge >= 0.3 is 0 Å². The maximum Gasteiger partial charge on any atom is 0.221 e. The summed E-state index contributed by atoms with van der Waals surface area (Å²) in [5, 5.41) is 24.3. The van der Waals surface area contributed by atoms with Crippen molar-refractivity contribution >= 4 is 11.8 Å². The van der Waals surface area contributed by atoms with Gasteiger partial charge in [0, 0.05) is 91.4 Å². The van der Waals surface area contributed by atoms with Crippen molar-refractivity contribution < 1.29 is 14.7 Å². The Hall–Kier alpha value is -1.30. The Labute approximate surface area is 335 Å². The summed E-state index contributed by atoms with van der Waals surface area (Å²) < 4.78 is 0. The van der Waals surface area contributed by atoms with Crippen molar-refractivity contribution in [3.8, 4) is 0 Å². The minimum Gasteiger partial charge on any atom is -0.379 e. The third-order valence-electron chi connectivity index (χ3n) is 10.7. The Bertz CT molecular complexity index is 1030. The molecule has 0 radical (unpaired) electrons. The van der Waals surface area contributed by atoms with Gasteiger partial charge in [0.05, 0.1) is 0 Å². The third kappa shape index (κ3) is 28.1. The van der Waals surface area contributed by atoms with Gasteiger partial charge in [-0.3, -0.25) is 14.9 Å². The molecule has 0 saturated heterocycles. The molecule has 10 nitrogen and oxygen atoms in total. The van der Waals surface area contributed by atoms with E-state index < -0.39 is 6.23 Å². The lowest BCUT2D eigenvalue weighted by Gasteiger charge is -2.35. The Morgan fingerprint density at radius 1 is 0.593 bits per heavy atom. The van der Waals surface area contributed by atoms with Crippen molar-refractivity contribution in [2.45, 2.75) is 161 Å². The fraction of sp³-hybridized carbons (Fsp3) is 0.955. The van der Waals surface area contributed by atoms with Gasteiger partial charge in [0.15, 0.2) is 0 Å². The second kappa shape index (κ2) is 24.5. The lowest BCUT2D eigenvalue weighted by Crippen LogP contribution is -2.44. The zero-order valence-electron chi connectivity index (χ0n) is 38.5. The van der Waals surface area contributed by atoms with Gasteiger partial charge in [-0.15, -0.1) is 0 Å². The Kier molecular flexibility index (Phi) is 23.9. The molecule has 0 saturated carbocycles. The first kappa shape index (κ1) is 52.7. The van der Waals surface area contributed by atoms with E-state index >= 15 is 0 Å². The highest BCUT2D eigenvalue weighted by Crippen LogP contribution is 2.36. The number of nitrogens with one attached hydrogen (secondary N) is 4. The molecular weight excluding hydrogens is 675 g/mol. The van der Waals surface area contributed by atoms with E-state index in [4.69, 9.17) is 5.73 Å². The molecule has 0 spiro atoms. The molecule has 0 aliphatic carbocycles. The molecule has 54 heavy (non-hydrogen) atoms. The SMILES string of the molecule is CCC(C)(C)CC(C)(C)CNC(=O)CCN(CCC(O)NCC(C)(C)CC(C)(C)C)CCN(CCNCCN)CCC(=O)NCC(C)(CC)CC(C)(C)C. The number of aliphatic hydroxyl groups excluding tert-OH is 1. The monoisotopic (exact) mass is 768 g/mol. The van der Waals surface area contributed by atoms with Crippen LogP contribution >= 0.6 is 0 Å². The second-order valence-electron chi connectivity index (χ2n) is 21.6. The smallest absolute Gasteiger partial charge is 0.221 e. The number of carbonyl (C=O) groups excluding carboxylic acids is 2. The lowest BCUT2D eigenvalue weighted by atomic mass is 9.73. The Morgan fingerprint density at radius 2 is 1.09 bits per heavy atom. The van der Waals surface area contributed by atoms with Crippen LogP contribution < -0.4 is 27.0 Å². The minimum atomic E-state index is -0.629. The van der Waals surface area contributed by atoms with Crippen molar-refractivity contribution in [1.82, 2.24) is 31.1 Å². The molecule has 10 heteroatoms. The Balaban J connectivity index is 5.61. The highest BCUT2D eigenvalue weighted by Gasteiger charge is 2.30. The van der Waals surface area contributed by atoms with Gasteiger partial charge in [-0.2, -0.15) is 0 Å². The standard InChI is InChI=1S/C44H93N7O3/c1-16-41(9,10)32-43(13,14)34-48-37(53)19-25-50(24-18-36(52)47-33-42(11,12)30-39(3,4)5)28-29-51(27-23-46-22-21-45)26-20-38(54)49-35-44(15,17-2)31-40(6,7)8/h36,46-47,52H,16-35,45H2,1-15H3,(H,48,53)(H,49,54). The molecule has 2 amide bonds. The summed E-state index contributed by atoms with van der Waals surface area (Å²) in [6.07, 6.45) is 6.05. The van der Waals surface area contributed by atoms with Crippen LogP contribution in [0.4, 0.5) is 0 Å². The van der Waals surface area contributed by atoms with Gasteiger partial charge in [-0.25, -0.2) is 0 Å². The maximum absolute atomic E-state index is 13.2. The average molecular weight is 768 g/mol. The molecular formula is C44H93N7O3. The van der Waals surface area contributed by atoms with E-state index in [9.17, 15) is 14.7 Å². The van der Waals surface area contributed by atoms with Crippen LogP contribution in [0, 0.1) is 32.5 Å². The summed E-state index contributed by atoms with van der Waals surface area (Å²) in [6.45, 7) is 42.3. The number of rotatable bonds is 30. The van der Waals surface area contributed by atoms with Gasteiger partial charge in [-0.1, -0.05) is 110 Å². The maximum atomic E-state index is 13.2. The first-order chi connectivity index (χ1) is 24.6. The summed E-state index contributed by atoms with van der Waals surface area (Å²) in [5.74, 6) is 0.154. The molecule has 322 valence electrons. The molecule has 0 rings (SSSR count). The first-order valence-corrected chi connectivity index (χ1v) is 21.4.